The summed E-state index contributed by atoms with van der Waals surface area (Å²) in [4.78, 5) is 18.9. The fraction of sp³-hybridized carbons (Fsp3) is 0.304. The van der Waals surface area contributed by atoms with Crippen molar-refractivity contribution in [3.8, 4) is 0 Å². The molecule has 1 amide bonds. The third kappa shape index (κ3) is 4.34. The molecule has 2 atom stereocenters. The van der Waals surface area contributed by atoms with E-state index in [1.807, 2.05) is 54.6 Å². The van der Waals surface area contributed by atoms with Gasteiger partial charge in [0.15, 0.2) is 0 Å². The molecular formula is C23H23ClN2OS. The molecular weight excluding hydrogens is 388 g/mol. The van der Waals surface area contributed by atoms with Gasteiger partial charge in [0.25, 0.3) is 5.91 Å². The van der Waals surface area contributed by atoms with Gasteiger partial charge in [-0.1, -0.05) is 61.3 Å². The van der Waals surface area contributed by atoms with Crippen molar-refractivity contribution in [2.24, 2.45) is 5.92 Å². The monoisotopic (exact) mass is 410 g/mol. The van der Waals surface area contributed by atoms with E-state index in [1.54, 1.807) is 0 Å². The van der Waals surface area contributed by atoms with Crippen LogP contribution in [0.15, 0.2) is 64.5 Å². The summed E-state index contributed by atoms with van der Waals surface area (Å²) < 4.78 is 0. The molecule has 0 saturated heterocycles. The van der Waals surface area contributed by atoms with Crippen LogP contribution < -0.4 is 5.32 Å². The molecule has 1 saturated carbocycles. The number of nitrogens with one attached hydrogen (secondary N) is 1. The fourth-order valence-electron chi connectivity index (χ4n) is 3.79. The van der Waals surface area contributed by atoms with Crippen molar-refractivity contribution < 1.29 is 4.79 Å². The standard InChI is InChI=1S/C23H23ClN2OS/c1-15-6-2-4-8-20(15)26-23(27)19-14-22(25-21-9-5-3-7-18(19)21)28-17-12-10-16(24)11-13-17/h3,5,7,9-15,20H,2,4,6,8H2,1H3,(H,26,27)/t15-,20+/m1/s1. The van der Waals surface area contributed by atoms with Gasteiger partial charge in [-0.05, 0) is 55.2 Å². The van der Waals surface area contributed by atoms with E-state index in [4.69, 9.17) is 16.6 Å². The van der Waals surface area contributed by atoms with E-state index >= 15 is 0 Å². The van der Waals surface area contributed by atoms with E-state index < -0.39 is 0 Å². The largest absolute Gasteiger partial charge is 0.349 e. The van der Waals surface area contributed by atoms with E-state index in [9.17, 15) is 4.79 Å². The number of benzene rings is 2. The molecule has 1 heterocycles. The summed E-state index contributed by atoms with van der Waals surface area (Å²) in [5.74, 6) is 0.518. The normalized spacial score (nSPS) is 19.5. The van der Waals surface area contributed by atoms with Gasteiger partial charge in [-0.2, -0.15) is 0 Å². The molecule has 3 aromatic rings. The molecule has 4 rings (SSSR count). The maximum atomic E-state index is 13.2. The first kappa shape index (κ1) is 19.3. The van der Waals surface area contributed by atoms with Gasteiger partial charge in [-0.25, -0.2) is 4.98 Å². The minimum Gasteiger partial charge on any atom is -0.349 e. The number of aromatic nitrogens is 1. The zero-order valence-corrected chi connectivity index (χ0v) is 17.4. The Balaban J connectivity index is 1.65. The first-order chi connectivity index (χ1) is 13.6. The summed E-state index contributed by atoms with van der Waals surface area (Å²) in [5.41, 5.74) is 1.53. The Morgan fingerprint density at radius 1 is 1.11 bits per heavy atom. The van der Waals surface area contributed by atoms with Gasteiger partial charge in [0.2, 0.25) is 0 Å². The van der Waals surface area contributed by atoms with Crippen molar-refractivity contribution in [3.05, 3.63) is 65.2 Å². The van der Waals surface area contributed by atoms with Gasteiger partial charge in [0, 0.05) is 21.3 Å². The fourth-order valence-corrected chi connectivity index (χ4v) is 4.75. The van der Waals surface area contributed by atoms with Crippen molar-refractivity contribution in [3.63, 3.8) is 0 Å². The van der Waals surface area contributed by atoms with Crippen molar-refractivity contribution in [2.45, 2.75) is 48.6 Å². The van der Waals surface area contributed by atoms with Gasteiger partial charge in [-0.15, -0.1) is 0 Å². The maximum Gasteiger partial charge on any atom is 0.252 e. The second-order valence-electron chi connectivity index (χ2n) is 7.42. The number of rotatable bonds is 4. The molecule has 0 spiro atoms. The Labute approximate surface area is 174 Å². The molecule has 1 fully saturated rings. The molecule has 0 unspecified atom stereocenters. The summed E-state index contributed by atoms with van der Waals surface area (Å²) in [6.07, 6.45) is 4.68. The predicted octanol–water partition coefficient (Wildman–Crippen LogP) is 6.35. The number of carbonyl (C=O) groups excluding carboxylic acids is 1. The topological polar surface area (TPSA) is 42.0 Å². The Morgan fingerprint density at radius 3 is 2.64 bits per heavy atom. The third-order valence-electron chi connectivity index (χ3n) is 5.40. The average Bonchev–Trinajstić information content (AvgIpc) is 2.71. The van der Waals surface area contributed by atoms with E-state index in [-0.39, 0.29) is 11.9 Å². The molecule has 5 heteroatoms. The Kier molecular flexibility index (Phi) is 5.88. The number of para-hydroxylation sites is 1. The number of hydrogen-bond acceptors (Lipinski definition) is 3. The van der Waals surface area contributed by atoms with Crippen LogP contribution in [-0.2, 0) is 0 Å². The predicted molar refractivity (Wildman–Crippen MR) is 116 cm³/mol. The summed E-state index contributed by atoms with van der Waals surface area (Å²) in [6.45, 7) is 2.23. The van der Waals surface area contributed by atoms with Crippen LogP contribution in [0.1, 0.15) is 43.0 Å². The lowest BCUT2D eigenvalue weighted by Gasteiger charge is -2.29. The zero-order valence-electron chi connectivity index (χ0n) is 15.8. The van der Waals surface area contributed by atoms with Crippen molar-refractivity contribution in [1.82, 2.24) is 10.3 Å². The summed E-state index contributed by atoms with van der Waals surface area (Å²) in [5, 5.41) is 5.69. The number of amides is 1. The molecule has 0 radical (unpaired) electrons. The highest BCUT2D eigenvalue weighted by Crippen LogP contribution is 2.31. The molecule has 0 bridgehead atoms. The minimum atomic E-state index is -0.00435. The van der Waals surface area contributed by atoms with Crippen LogP contribution in [0.2, 0.25) is 5.02 Å². The lowest BCUT2D eigenvalue weighted by atomic mass is 9.86. The summed E-state index contributed by atoms with van der Waals surface area (Å²) in [6, 6.07) is 17.7. The van der Waals surface area contributed by atoms with Crippen LogP contribution >= 0.6 is 23.4 Å². The Bertz CT molecular complexity index is 990. The number of carbonyl (C=O) groups is 1. The number of fused-ring (bicyclic) bond motifs is 1. The lowest BCUT2D eigenvalue weighted by Crippen LogP contribution is -2.41. The van der Waals surface area contributed by atoms with Crippen LogP contribution in [-0.4, -0.2) is 16.9 Å². The first-order valence-electron chi connectivity index (χ1n) is 9.74. The zero-order chi connectivity index (χ0) is 19.5. The molecule has 1 aliphatic rings. The number of nitrogens with zero attached hydrogens (tertiary/aromatic N) is 1. The molecule has 0 aliphatic heterocycles. The minimum absolute atomic E-state index is 0.00435. The summed E-state index contributed by atoms with van der Waals surface area (Å²) in [7, 11) is 0. The Hall–Kier alpha value is -2.04. The quantitative estimate of drug-likeness (QED) is 0.545. The van der Waals surface area contributed by atoms with Crippen LogP contribution in [0.25, 0.3) is 10.9 Å². The molecule has 1 N–H and O–H groups in total. The van der Waals surface area contributed by atoms with Crippen LogP contribution in [0.3, 0.4) is 0 Å². The number of pyridine rings is 1. The lowest BCUT2D eigenvalue weighted by molar-refractivity contribution is 0.0911. The second-order valence-corrected chi connectivity index (χ2v) is 8.95. The smallest absolute Gasteiger partial charge is 0.252 e. The highest BCUT2D eigenvalue weighted by Gasteiger charge is 2.24. The van der Waals surface area contributed by atoms with E-state index in [0.717, 1.165) is 27.2 Å². The molecule has 2 aromatic carbocycles. The Morgan fingerprint density at radius 2 is 1.86 bits per heavy atom. The molecule has 1 aromatic heterocycles. The van der Waals surface area contributed by atoms with Gasteiger partial charge in [0.05, 0.1) is 11.1 Å². The summed E-state index contributed by atoms with van der Waals surface area (Å²) >= 11 is 7.53. The first-order valence-corrected chi connectivity index (χ1v) is 10.9. The average molecular weight is 411 g/mol. The van der Waals surface area contributed by atoms with Crippen molar-refractivity contribution >= 4 is 40.2 Å². The van der Waals surface area contributed by atoms with Crippen molar-refractivity contribution in [1.29, 1.82) is 0 Å². The van der Waals surface area contributed by atoms with E-state index in [2.05, 4.69) is 12.2 Å². The van der Waals surface area contributed by atoms with E-state index in [0.29, 0.717) is 16.5 Å². The van der Waals surface area contributed by atoms with Crippen LogP contribution in [0.5, 0.6) is 0 Å². The van der Waals surface area contributed by atoms with Gasteiger partial charge in [0.1, 0.15) is 5.03 Å². The van der Waals surface area contributed by atoms with Gasteiger partial charge >= 0.3 is 0 Å². The van der Waals surface area contributed by atoms with Gasteiger partial charge < -0.3 is 5.32 Å². The van der Waals surface area contributed by atoms with E-state index in [1.165, 1.54) is 31.0 Å². The van der Waals surface area contributed by atoms with Crippen LogP contribution in [0, 0.1) is 5.92 Å². The molecule has 144 valence electrons. The molecule has 1 aliphatic carbocycles. The number of halogens is 1. The van der Waals surface area contributed by atoms with Crippen LogP contribution in [0.4, 0.5) is 0 Å². The number of hydrogen-bond donors (Lipinski definition) is 1. The highest BCUT2D eigenvalue weighted by molar-refractivity contribution is 7.99. The maximum absolute atomic E-state index is 13.2. The molecule has 28 heavy (non-hydrogen) atoms. The highest BCUT2D eigenvalue weighted by atomic mass is 35.5. The third-order valence-corrected chi connectivity index (χ3v) is 6.58. The molecule has 3 nitrogen and oxygen atoms in total. The second kappa shape index (κ2) is 8.54. The van der Waals surface area contributed by atoms with Crippen molar-refractivity contribution in [2.75, 3.05) is 0 Å². The van der Waals surface area contributed by atoms with Gasteiger partial charge in [-0.3, -0.25) is 4.79 Å². The SMILES string of the molecule is C[C@@H]1CCCC[C@@H]1NC(=O)c1cc(Sc2ccc(Cl)cc2)nc2ccccc12.